The molecule has 4 aromatic rings. The van der Waals surface area contributed by atoms with Crippen molar-refractivity contribution in [2.75, 3.05) is 17.8 Å². The summed E-state index contributed by atoms with van der Waals surface area (Å²) in [6, 6.07) is 16.2. The molecule has 162 valence electrons. The van der Waals surface area contributed by atoms with Crippen LogP contribution >= 0.6 is 11.3 Å². The Hall–Kier alpha value is -3.07. The van der Waals surface area contributed by atoms with Crippen molar-refractivity contribution < 1.29 is 8.42 Å². The molecule has 0 unspecified atom stereocenters. The minimum atomic E-state index is -3.64. The molecule has 0 radical (unpaired) electrons. The predicted octanol–water partition coefficient (Wildman–Crippen LogP) is 4.84. The van der Waals surface area contributed by atoms with Gasteiger partial charge in [0.1, 0.15) is 6.33 Å². The van der Waals surface area contributed by atoms with Crippen LogP contribution in [0.1, 0.15) is 16.9 Å². The summed E-state index contributed by atoms with van der Waals surface area (Å²) < 4.78 is 29.0. The molecular formula is C24H22N4O2S2. The number of aryl methyl sites for hydroxylation is 1. The Bertz CT molecular complexity index is 1410. The molecule has 0 amide bonds. The van der Waals surface area contributed by atoms with Crippen LogP contribution in [0.2, 0.25) is 0 Å². The number of fused-ring (bicyclic) bond motifs is 1. The van der Waals surface area contributed by atoms with Crippen LogP contribution in [0.5, 0.6) is 0 Å². The average Bonchev–Trinajstić information content (AvgIpc) is 3.25. The molecule has 6 nitrogen and oxygen atoms in total. The summed E-state index contributed by atoms with van der Waals surface area (Å²) in [6.45, 7) is 3.80. The van der Waals surface area contributed by atoms with Gasteiger partial charge in [0.05, 0.1) is 20.8 Å². The highest BCUT2D eigenvalue weighted by Crippen LogP contribution is 2.36. The van der Waals surface area contributed by atoms with Gasteiger partial charge >= 0.3 is 0 Å². The van der Waals surface area contributed by atoms with Gasteiger partial charge in [-0.1, -0.05) is 35.9 Å². The van der Waals surface area contributed by atoms with Crippen molar-refractivity contribution in [1.82, 2.24) is 15.3 Å². The second-order valence-electron chi connectivity index (χ2n) is 7.73. The van der Waals surface area contributed by atoms with Crippen molar-refractivity contribution in [3.63, 3.8) is 0 Å². The van der Waals surface area contributed by atoms with Crippen LogP contribution in [0.3, 0.4) is 0 Å². The maximum atomic E-state index is 12.7. The predicted molar refractivity (Wildman–Crippen MR) is 130 cm³/mol. The van der Waals surface area contributed by atoms with Crippen LogP contribution in [-0.2, 0) is 10.0 Å². The first-order valence-electron chi connectivity index (χ1n) is 10.3. The standard InChI is InChI=1S/C24H22N4O2S2/c1-16-2-8-20(9-3-16)32(29,30)28-19-6-4-18(5-7-19)23-24-21(26-15-27-23)14-22(31-24)17-10-12-25-13-11-17/h2-10,14-15,25,28H,11-13H2,1H3. The molecular weight excluding hydrogens is 440 g/mol. The molecule has 5 rings (SSSR count). The third-order valence-corrected chi connectivity index (χ3v) is 8.04. The van der Waals surface area contributed by atoms with Crippen molar-refractivity contribution in [3.05, 3.63) is 77.4 Å². The molecule has 3 heterocycles. The van der Waals surface area contributed by atoms with Crippen molar-refractivity contribution in [3.8, 4) is 11.3 Å². The molecule has 1 aliphatic rings. The quantitative estimate of drug-likeness (QED) is 0.443. The highest BCUT2D eigenvalue weighted by molar-refractivity contribution is 7.92. The number of nitrogens with zero attached hydrogens (tertiary/aromatic N) is 2. The van der Waals surface area contributed by atoms with E-state index < -0.39 is 10.0 Å². The minimum Gasteiger partial charge on any atom is -0.313 e. The van der Waals surface area contributed by atoms with E-state index in [1.54, 1.807) is 54.1 Å². The van der Waals surface area contributed by atoms with Gasteiger partial charge in [-0.3, -0.25) is 4.72 Å². The fraction of sp³-hybridized carbons (Fsp3) is 0.167. The van der Waals surface area contributed by atoms with Gasteiger partial charge in [0, 0.05) is 22.7 Å². The summed E-state index contributed by atoms with van der Waals surface area (Å²) in [5, 5.41) is 3.34. The Balaban J connectivity index is 1.43. The van der Waals surface area contributed by atoms with Gasteiger partial charge in [0.15, 0.2) is 0 Å². The molecule has 0 spiro atoms. The Morgan fingerprint density at radius 2 is 1.81 bits per heavy atom. The zero-order chi connectivity index (χ0) is 22.1. The van der Waals surface area contributed by atoms with E-state index in [-0.39, 0.29) is 4.90 Å². The van der Waals surface area contributed by atoms with E-state index in [9.17, 15) is 8.42 Å². The largest absolute Gasteiger partial charge is 0.313 e. The molecule has 0 saturated heterocycles. The maximum absolute atomic E-state index is 12.7. The van der Waals surface area contributed by atoms with Crippen LogP contribution < -0.4 is 10.0 Å². The molecule has 1 aliphatic heterocycles. The molecule has 2 aromatic heterocycles. The first kappa shape index (κ1) is 20.8. The molecule has 32 heavy (non-hydrogen) atoms. The first-order chi connectivity index (χ1) is 15.5. The number of anilines is 1. The molecule has 0 aliphatic carbocycles. The Kier molecular flexibility index (Phi) is 5.50. The number of rotatable bonds is 5. The number of hydrogen-bond donors (Lipinski definition) is 2. The molecule has 0 saturated carbocycles. The summed E-state index contributed by atoms with van der Waals surface area (Å²) in [6.07, 6.45) is 4.82. The van der Waals surface area contributed by atoms with Gasteiger partial charge in [0.2, 0.25) is 0 Å². The third kappa shape index (κ3) is 4.17. The van der Waals surface area contributed by atoms with E-state index in [2.05, 4.69) is 32.1 Å². The van der Waals surface area contributed by atoms with Crippen LogP contribution in [0.15, 0.2) is 71.9 Å². The number of aromatic nitrogens is 2. The number of sulfonamides is 1. The Labute approximate surface area is 191 Å². The second-order valence-corrected chi connectivity index (χ2v) is 10.5. The monoisotopic (exact) mass is 462 g/mol. The van der Waals surface area contributed by atoms with Gasteiger partial charge < -0.3 is 5.32 Å². The Morgan fingerprint density at radius 3 is 2.53 bits per heavy atom. The summed E-state index contributed by atoms with van der Waals surface area (Å²) in [5.74, 6) is 0. The van der Waals surface area contributed by atoms with E-state index in [0.717, 1.165) is 46.5 Å². The number of nitrogens with one attached hydrogen (secondary N) is 2. The van der Waals surface area contributed by atoms with Crippen molar-refractivity contribution in [1.29, 1.82) is 0 Å². The lowest BCUT2D eigenvalue weighted by Crippen LogP contribution is -2.19. The van der Waals surface area contributed by atoms with Crippen molar-refractivity contribution in [2.24, 2.45) is 0 Å². The summed E-state index contributed by atoms with van der Waals surface area (Å²) in [7, 11) is -3.64. The zero-order valence-corrected chi connectivity index (χ0v) is 19.1. The van der Waals surface area contributed by atoms with E-state index >= 15 is 0 Å². The van der Waals surface area contributed by atoms with Crippen LogP contribution in [0, 0.1) is 6.92 Å². The van der Waals surface area contributed by atoms with Gasteiger partial charge in [-0.25, -0.2) is 18.4 Å². The third-order valence-electron chi connectivity index (χ3n) is 5.43. The SMILES string of the molecule is Cc1ccc(S(=O)(=O)Nc2ccc(-c3ncnc4cc(C5=CCNCC5)sc34)cc2)cc1. The fourth-order valence-electron chi connectivity index (χ4n) is 3.69. The molecule has 0 bridgehead atoms. The summed E-state index contributed by atoms with van der Waals surface area (Å²) >= 11 is 1.71. The molecule has 8 heteroatoms. The highest BCUT2D eigenvalue weighted by atomic mass is 32.2. The van der Waals surface area contributed by atoms with Gasteiger partial charge in [0.25, 0.3) is 10.0 Å². The van der Waals surface area contributed by atoms with E-state index in [1.165, 1.54) is 10.5 Å². The summed E-state index contributed by atoms with van der Waals surface area (Å²) in [4.78, 5) is 10.4. The molecule has 0 fully saturated rings. The lowest BCUT2D eigenvalue weighted by molar-refractivity contribution is 0.601. The average molecular weight is 463 g/mol. The van der Waals surface area contributed by atoms with Gasteiger partial charge in [-0.15, -0.1) is 11.3 Å². The smallest absolute Gasteiger partial charge is 0.261 e. The summed E-state index contributed by atoms with van der Waals surface area (Å²) in [5.41, 5.74) is 5.57. The normalized spacial score (nSPS) is 14.3. The van der Waals surface area contributed by atoms with E-state index in [1.807, 2.05) is 19.1 Å². The zero-order valence-electron chi connectivity index (χ0n) is 17.5. The minimum absolute atomic E-state index is 0.239. The Morgan fingerprint density at radius 1 is 1.03 bits per heavy atom. The fourth-order valence-corrected chi connectivity index (χ4v) is 5.94. The number of hydrogen-bond acceptors (Lipinski definition) is 6. The van der Waals surface area contributed by atoms with Gasteiger partial charge in [-0.2, -0.15) is 0 Å². The van der Waals surface area contributed by atoms with Crippen molar-refractivity contribution in [2.45, 2.75) is 18.2 Å². The number of thiophene rings is 1. The topological polar surface area (TPSA) is 84.0 Å². The first-order valence-corrected chi connectivity index (χ1v) is 12.6. The highest BCUT2D eigenvalue weighted by Gasteiger charge is 2.16. The van der Waals surface area contributed by atoms with Crippen LogP contribution in [0.4, 0.5) is 5.69 Å². The molecule has 2 N–H and O–H groups in total. The molecule has 0 atom stereocenters. The van der Waals surface area contributed by atoms with E-state index in [0.29, 0.717) is 5.69 Å². The maximum Gasteiger partial charge on any atom is 0.261 e. The van der Waals surface area contributed by atoms with Crippen molar-refractivity contribution >= 4 is 42.8 Å². The molecule has 2 aromatic carbocycles. The lowest BCUT2D eigenvalue weighted by Gasteiger charge is -2.11. The van der Waals surface area contributed by atoms with E-state index in [4.69, 9.17) is 0 Å². The number of benzene rings is 2. The van der Waals surface area contributed by atoms with Gasteiger partial charge in [-0.05, 0) is 55.8 Å². The lowest BCUT2D eigenvalue weighted by atomic mass is 10.1. The van der Waals surface area contributed by atoms with Crippen LogP contribution in [-0.4, -0.2) is 31.5 Å². The second kappa shape index (κ2) is 8.46. The van der Waals surface area contributed by atoms with Crippen LogP contribution in [0.25, 0.3) is 27.0 Å².